The second-order valence-electron chi connectivity index (χ2n) is 3.86. The predicted molar refractivity (Wildman–Crippen MR) is 62.5 cm³/mol. The zero-order valence-electron chi connectivity index (χ0n) is 10.2. The first-order valence-corrected chi connectivity index (χ1v) is 5.42. The highest BCUT2D eigenvalue weighted by atomic mass is 16.5. The summed E-state index contributed by atoms with van der Waals surface area (Å²) in [5.41, 5.74) is 1.40. The summed E-state index contributed by atoms with van der Waals surface area (Å²) in [5, 5.41) is 11.3. The third kappa shape index (κ3) is 2.32. The van der Waals surface area contributed by atoms with Gasteiger partial charge in [-0.3, -0.25) is 0 Å². The maximum atomic E-state index is 11.8. The van der Waals surface area contributed by atoms with Crippen molar-refractivity contribution < 1.29 is 14.3 Å². The Labute approximate surface area is 104 Å². The fourth-order valence-electron chi connectivity index (χ4n) is 1.51. The summed E-state index contributed by atoms with van der Waals surface area (Å²) in [6, 6.07) is 5.02. The van der Waals surface area contributed by atoms with E-state index in [1.165, 1.54) is 18.5 Å². The van der Waals surface area contributed by atoms with Gasteiger partial charge in [0.1, 0.15) is 11.9 Å². The third-order valence-electron chi connectivity index (χ3n) is 2.70. The van der Waals surface area contributed by atoms with Crippen LogP contribution in [0.25, 0.3) is 0 Å². The van der Waals surface area contributed by atoms with Crippen LogP contribution in [0.15, 0.2) is 30.6 Å². The lowest BCUT2D eigenvalue weighted by molar-refractivity contribution is -0.620. The van der Waals surface area contributed by atoms with Gasteiger partial charge in [0.15, 0.2) is 6.61 Å². The van der Waals surface area contributed by atoms with Gasteiger partial charge in [0.25, 0.3) is 0 Å². The number of hydrogen-bond donors (Lipinski definition) is 0. The largest absolute Gasteiger partial charge is 0.711 e. The lowest BCUT2D eigenvalue weighted by atomic mass is 10.4. The summed E-state index contributed by atoms with van der Waals surface area (Å²) in [4.78, 5) is 15.6. The minimum atomic E-state index is -0.476. The van der Waals surface area contributed by atoms with Crippen molar-refractivity contribution in [2.24, 2.45) is 7.05 Å². The van der Waals surface area contributed by atoms with Crippen molar-refractivity contribution in [1.29, 1.82) is 0 Å². The van der Waals surface area contributed by atoms with Gasteiger partial charge in [0, 0.05) is 18.8 Å². The van der Waals surface area contributed by atoms with Gasteiger partial charge in [-0.2, -0.15) is 0 Å². The molecule has 6 heteroatoms. The predicted octanol–water partition coefficient (Wildman–Crippen LogP) is 0.719. The van der Waals surface area contributed by atoms with E-state index in [1.54, 1.807) is 17.7 Å². The SMILES string of the molecule is Cc1ccc(C(=O)OCc2nccc[n+]2[O-])n1C. The lowest BCUT2D eigenvalue weighted by Crippen LogP contribution is -2.33. The average molecular weight is 247 g/mol. The van der Waals surface area contributed by atoms with Crippen LogP contribution in [0.1, 0.15) is 22.0 Å². The van der Waals surface area contributed by atoms with E-state index in [-0.39, 0.29) is 12.4 Å². The Bertz CT molecular complexity index is 578. The van der Waals surface area contributed by atoms with Crippen LogP contribution in [-0.2, 0) is 18.4 Å². The van der Waals surface area contributed by atoms with Crippen molar-refractivity contribution in [3.8, 4) is 0 Å². The highest BCUT2D eigenvalue weighted by Gasteiger charge is 2.15. The molecule has 0 amide bonds. The first-order chi connectivity index (χ1) is 8.59. The highest BCUT2D eigenvalue weighted by Crippen LogP contribution is 2.08. The van der Waals surface area contributed by atoms with Crippen molar-refractivity contribution in [2.75, 3.05) is 0 Å². The molecule has 0 N–H and O–H groups in total. The van der Waals surface area contributed by atoms with Crippen LogP contribution in [0.3, 0.4) is 0 Å². The van der Waals surface area contributed by atoms with Crippen molar-refractivity contribution in [3.63, 3.8) is 0 Å². The molecule has 0 radical (unpaired) electrons. The Morgan fingerprint density at radius 3 is 2.94 bits per heavy atom. The van der Waals surface area contributed by atoms with E-state index >= 15 is 0 Å². The van der Waals surface area contributed by atoms with Gasteiger partial charge in [-0.05, 0) is 24.0 Å². The number of aromatic nitrogens is 3. The zero-order valence-corrected chi connectivity index (χ0v) is 10.2. The van der Waals surface area contributed by atoms with Crippen molar-refractivity contribution in [3.05, 3.63) is 53.0 Å². The van der Waals surface area contributed by atoms with Crippen molar-refractivity contribution in [2.45, 2.75) is 13.5 Å². The van der Waals surface area contributed by atoms with E-state index in [0.29, 0.717) is 10.4 Å². The topological polar surface area (TPSA) is 71.1 Å². The monoisotopic (exact) mass is 247 g/mol. The van der Waals surface area contributed by atoms with Crippen molar-refractivity contribution >= 4 is 5.97 Å². The Morgan fingerprint density at radius 1 is 1.56 bits per heavy atom. The number of carbonyl (C=O) groups excluding carboxylic acids is 1. The van der Waals surface area contributed by atoms with Crippen LogP contribution in [-0.4, -0.2) is 15.5 Å². The highest BCUT2D eigenvalue weighted by molar-refractivity contribution is 5.87. The van der Waals surface area contributed by atoms with Gasteiger partial charge >= 0.3 is 11.8 Å². The van der Waals surface area contributed by atoms with Crippen LogP contribution in [0.5, 0.6) is 0 Å². The van der Waals surface area contributed by atoms with E-state index in [9.17, 15) is 10.0 Å². The van der Waals surface area contributed by atoms with Crippen molar-refractivity contribution in [1.82, 2.24) is 9.55 Å². The summed E-state index contributed by atoms with van der Waals surface area (Å²) in [6.45, 7) is 1.74. The number of ether oxygens (including phenoxy) is 1. The molecule has 0 unspecified atom stereocenters. The smallest absolute Gasteiger partial charge is 0.355 e. The molecule has 0 aliphatic rings. The van der Waals surface area contributed by atoms with E-state index in [4.69, 9.17) is 4.74 Å². The molecule has 2 aromatic rings. The molecular formula is C12H13N3O3. The van der Waals surface area contributed by atoms with Crippen LogP contribution < -0.4 is 4.73 Å². The molecule has 0 saturated heterocycles. The number of nitrogens with zero attached hydrogens (tertiary/aromatic N) is 3. The summed E-state index contributed by atoms with van der Waals surface area (Å²) >= 11 is 0. The quantitative estimate of drug-likeness (QED) is 0.455. The maximum Gasteiger partial charge on any atom is 0.355 e. The second kappa shape index (κ2) is 4.87. The molecule has 94 valence electrons. The number of hydrogen-bond acceptors (Lipinski definition) is 4. The molecule has 2 rings (SSSR count). The third-order valence-corrected chi connectivity index (χ3v) is 2.70. The van der Waals surface area contributed by atoms with Gasteiger partial charge in [0.2, 0.25) is 0 Å². The Balaban J connectivity index is 2.05. The Hall–Kier alpha value is -2.37. The maximum absolute atomic E-state index is 11.8. The fraction of sp³-hybridized carbons (Fsp3) is 0.250. The summed E-state index contributed by atoms with van der Waals surface area (Å²) in [6.07, 6.45) is 2.78. The first kappa shape index (κ1) is 12.1. The molecular weight excluding hydrogens is 234 g/mol. The summed E-state index contributed by atoms with van der Waals surface area (Å²) in [5.74, 6) is -0.326. The molecule has 0 aromatic carbocycles. The summed E-state index contributed by atoms with van der Waals surface area (Å²) < 4.78 is 7.35. The number of esters is 1. The minimum absolute atomic E-state index is 0.145. The number of rotatable bonds is 3. The molecule has 0 bridgehead atoms. The molecule has 2 heterocycles. The van der Waals surface area contributed by atoms with Crippen LogP contribution in [0.2, 0.25) is 0 Å². The number of carbonyl (C=O) groups is 1. The Kier molecular flexibility index (Phi) is 3.27. The summed E-state index contributed by atoms with van der Waals surface area (Å²) in [7, 11) is 1.78. The van der Waals surface area contributed by atoms with Gasteiger partial charge in [-0.1, -0.05) is 0 Å². The normalized spacial score (nSPS) is 10.3. The molecule has 2 aromatic heterocycles. The second-order valence-corrected chi connectivity index (χ2v) is 3.86. The van der Waals surface area contributed by atoms with Gasteiger partial charge in [-0.25, -0.2) is 9.52 Å². The molecule has 0 spiro atoms. The van der Waals surface area contributed by atoms with E-state index < -0.39 is 5.97 Å². The van der Waals surface area contributed by atoms with Gasteiger partial charge in [0.05, 0.1) is 6.20 Å². The zero-order chi connectivity index (χ0) is 13.1. The molecule has 0 atom stereocenters. The molecule has 0 fully saturated rings. The molecule has 0 aliphatic heterocycles. The standard InChI is InChI=1S/C12H13N3O3/c1-9-4-5-10(14(9)2)12(16)18-8-11-13-6-3-7-15(11)17/h3-7H,8H2,1-2H3. The lowest BCUT2D eigenvalue weighted by Gasteiger charge is -2.07. The number of aryl methyl sites for hydroxylation is 1. The van der Waals surface area contributed by atoms with Gasteiger partial charge in [-0.15, -0.1) is 0 Å². The Morgan fingerprint density at radius 2 is 2.33 bits per heavy atom. The van der Waals surface area contributed by atoms with E-state index in [1.807, 2.05) is 13.0 Å². The molecule has 18 heavy (non-hydrogen) atoms. The van der Waals surface area contributed by atoms with E-state index in [2.05, 4.69) is 4.98 Å². The van der Waals surface area contributed by atoms with Crippen LogP contribution in [0, 0.1) is 12.1 Å². The fourth-order valence-corrected chi connectivity index (χ4v) is 1.51. The van der Waals surface area contributed by atoms with Crippen LogP contribution in [0.4, 0.5) is 0 Å². The van der Waals surface area contributed by atoms with E-state index in [0.717, 1.165) is 5.69 Å². The van der Waals surface area contributed by atoms with Crippen LogP contribution >= 0.6 is 0 Å². The molecule has 0 saturated carbocycles. The average Bonchev–Trinajstić information content (AvgIpc) is 2.69. The first-order valence-electron chi connectivity index (χ1n) is 5.42. The minimum Gasteiger partial charge on any atom is -0.711 e. The van der Waals surface area contributed by atoms with Gasteiger partial charge < -0.3 is 14.5 Å². The molecule has 0 aliphatic carbocycles. The molecule has 6 nitrogen and oxygen atoms in total.